The van der Waals surface area contributed by atoms with Gasteiger partial charge in [0.1, 0.15) is 5.75 Å². The maximum Gasteiger partial charge on any atom is 0.127 e. The first-order valence-electron chi connectivity index (χ1n) is 31.2. The van der Waals surface area contributed by atoms with Gasteiger partial charge in [-0.2, -0.15) is 0 Å². The first-order valence-corrected chi connectivity index (χ1v) is 31.2. The van der Waals surface area contributed by atoms with Crippen LogP contribution in [0.3, 0.4) is 0 Å². The summed E-state index contributed by atoms with van der Waals surface area (Å²) in [5.41, 5.74) is 10.2. The molecule has 0 unspecified atom stereocenters. The monoisotopic (exact) mass is 997 g/mol. The Hall–Kier alpha value is -4.36. The molecule has 0 aliphatic heterocycles. The van der Waals surface area contributed by atoms with Crippen molar-refractivity contribution in [2.24, 2.45) is 0 Å². The zero-order valence-electron chi connectivity index (χ0n) is 49.3. The minimum absolute atomic E-state index is 0.699. The smallest absolute Gasteiger partial charge is 0.127 e. The van der Waals surface area contributed by atoms with Crippen molar-refractivity contribution >= 4 is 64.6 Å². The van der Waals surface area contributed by atoms with E-state index in [0.717, 1.165) is 12.2 Å². The van der Waals surface area contributed by atoms with Crippen LogP contribution in [0.25, 0.3) is 64.6 Å². The van der Waals surface area contributed by atoms with Gasteiger partial charge in [-0.1, -0.05) is 249 Å². The second-order valence-electron chi connectivity index (χ2n) is 22.9. The SMILES string of the molecule is CCCCCCCCC.CCCCCCCCCCCCCCCCCCc1cc(C)c2ccc3c(CCCC)cc(C)c4ccc1c2c43.CCCCc1cc(C)c2ccc3c(OCC)cc(C)c4ccc1c2c43. The van der Waals surface area contributed by atoms with Crippen molar-refractivity contribution in [3.63, 3.8) is 0 Å². The molecule has 8 aromatic carbocycles. The number of hydrogen-bond acceptors (Lipinski definition) is 1. The average Bonchev–Trinajstić information content (AvgIpc) is 3.43. The zero-order valence-corrected chi connectivity index (χ0v) is 49.3. The van der Waals surface area contributed by atoms with Crippen LogP contribution >= 0.6 is 0 Å². The molecule has 1 nitrogen and oxygen atoms in total. The van der Waals surface area contributed by atoms with E-state index in [1.165, 1.54) is 279 Å². The third-order valence-electron chi connectivity index (χ3n) is 16.7. The molecule has 0 aliphatic carbocycles. The van der Waals surface area contributed by atoms with Crippen molar-refractivity contribution < 1.29 is 4.74 Å². The predicted octanol–water partition coefficient (Wildman–Crippen LogP) is 24.0. The predicted molar refractivity (Wildman–Crippen MR) is 335 cm³/mol. The minimum Gasteiger partial charge on any atom is -0.493 e. The van der Waals surface area contributed by atoms with E-state index in [9.17, 15) is 0 Å². The Balaban J connectivity index is 0.000000221. The highest BCUT2D eigenvalue weighted by Gasteiger charge is 2.18. The lowest BCUT2D eigenvalue weighted by Crippen LogP contribution is -1.97. The molecule has 0 saturated heterocycles. The van der Waals surface area contributed by atoms with Crippen molar-refractivity contribution in [1.82, 2.24) is 0 Å². The Bertz CT molecular complexity index is 2850. The van der Waals surface area contributed by atoms with Crippen molar-refractivity contribution in [2.75, 3.05) is 6.61 Å². The van der Waals surface area contributed by atoms with Crippen LogP contribution in [0.5, 0.6) is 5.75 Å². The van der Waals surface area contributed by atoms with Gasteiger partial charge in [-0.15, -0.1) is 0 Å². The Labute approximate surface area is 453 Å². The molecule has 1 heteroatoms. The molecule has 0 aromatic heterocycles. The van der Waals surface area contributed by atoms with Gasteiger partial charge in [0.15, 0.2) is 0 Å². The third-order valence-corrected chi connectivity index (χ3v) is 16.7. The first-order chi connectivity index (χ1) is 36.2. The fraction of sp³-hybridized carbons (Fsp3) is 0.562. The maximum absolute atomic E-state index is 5.97. The average molecular weight is 998 g/mol. The molecule has 0 saturated carbocycles. The van der Waals surface area contributed by atoms with Crippen molar-refractivity contribution in [3.05, 3.63) is 112 Å². The van der Waals surface area contributed by atoms with Crippen molar-refractivity contribution in [3.8, 4) is 5.75 Å². The Morgan fingerprint density at radius 1 is 0.257 bits per heavy atom. The lowest BCUT2D eigenvalue weighted by atomic mass is 9.85. The van der Waals surface area contributed by atoms with E-state index in [-0.39, 0.29) is 0 Å². The Morgan fingerprint density at radius 3 is 0.811 bits per heavy atom. The van der Waals surface area contributed by atoms with E-state index in [0.29, 0.717) is 6.61 Å². The van der Waals surface area contributed by atoms with Gasteiger partial charge < -0.3 is 4.74 Å². The van der Waals surface area contributed by atoms with Crippen molar-refractivity contribution in [2.45, 2.75) is 262 Å². The molecular weight excluding hydrogens is 893 g/mol. The molecule has 0 radical (unpaired) electrons. The molecule has 0 N–H and O–H groups in total. The number of hydrogen-bond donors (Lipinski definition) is 0. The van der Waals surface area contributed by atoms with E-state index in [1.54, 1.807) is 11.1 Å². The molecule has 0 fully saturated rings. The molecule has 402 valence electrons. The molecule has 0 amide bonds. The van der Waals surface area contributed by atoms with E-state index in [4.69, 9.17) is 4.74 Å². The Kier molecular flexibility index (Phi) is 25.2. The third kappa shape index (κ3) is 15.6. The van der Waals surface area contributed by atoms with E-state index in [1.807, 2.05) is 0 Å². The van der Waals surface area contributed by atoms with Crippen LogP contribution in [-0.2, 0) is 19.3 Å². The molecule has 8 rings (SSSR count). The molecule has 0 heterocycles. The summed E-state index contributed by atoms with van der Waals surface area (Å²) in [6.07, 6.45) is 41.4. The van der Waals surface area contributed by atoms with Crippen LogP contribution in [0.15, 0.2) is 72.8 Å². The summed E-state index contributed by atoms with van der Waals surface area (Å²) in [5, 5.41) is 17.1. The summed E-state index contributed by atoms with van der Waals surface area (Å²) in [6, 6.07) is 28.4. The lowest BCUT2D eigenvalue weighted by molar-refractivity contribution is 0.344. The standard InChI is InChI=1S/C40H58.C24H26O.C9H20/c1-5-7-9-10-11-12-13-14-15-16-17-18-19-20-21-22-24-34-30-32(4)36-25-27-37-33(23-8-6-2)29-31(3)35-26-28-38(34)40(36)39(35)37;1-5-7-8-17-13-15(3)18-10-12-21-22(25-6-2)14-16(4)19-9-11-20(17)23(18)24(19)21;1-3-5-7-9-8-6-4-2/h25-30H,5-24H2,1-4H3;9-14H,5-8H2,1-4H3;3-9H2,1-2H3. The molecular formula is C73H104O. The lowest BCUT2D eigenvalue weighted by Gasteiger charge is -2.19. The van der Waals surface area contributed by atoms with E-state index < -0.39 is 0 Å². The Morgan fingerprint density at radius 2 is 0.500 bits per heavy atom. The van der Waals surface area contributed by atoms with Crippen LogP contribution < -0.4 is 4.74 Å². The number of benzene rings is 8. The summed E-state index contributed by atoms with van der Waals surface area (Å²) in [6.45, 7) is 23.2. The summed E-state index contributed by atoms with van der Waals surface area (Å²) < 4.78 is 5.97. The van der Waals surface area contributed by atoms with Gasteiger partial charge in [0.25, 0.3) is 0 Å². The summed E-state index contributed by atoms with van der Waals surface area (Å²) in [5.74, 6) is 1.01. The second kappa shape index (κ2) is 31.6. The first kappa shape index (κ1) is 58.9. The highest BCUT2D eigenvalue weighted by Crippen LogP contribution is 2.44. The topological polar surface area (TPSA) is 9.23 Å². The summed E-state index contributed by atoms with van der Waals surface area (Å²) in [4.78, 5) is 0. The van der Waals surface area contributed by atoms with E-state index in [2.05, 4.69) is 142 Å². The van der Waals surface area contributed by atoms with Crippen LogP contribution in [0.4, 0.5) is 0 Å². The highest BCUT2D eigenvalue weighted by molar-refractivity contribution is 6.27. The van der Waals surface area contributed by atoms with Crippen LogP contribution in [0.2, 0.25) is 0 Å². The minimum atomic E-state index is 0.699. The van der Waals surface area contributed by atoms with Crippen LogP contribution in [0.1, 0.15) is 254 Å². The van der Waals surface area contributed by atoms with E-state index >= 15 is 0 Å². The van der Waals surface area contributed by atoms with Crippen molar-refractivity contribution in [1.29, 1.82) is 0 Å². The number of unbranched alkanes of at least 4 members (excludes halogenated alkanes) is 23. The molecule has 0 spiro atoms. The second-order valence-corrected chi connectivity index (χ2v) is 22.9. The largest absolute Gasteiger partial charge is 0.493 e. The maximum atomic E-state index is 5.97. The zero-order chi connectivity index (χ0) is 52.7. The molecule has 8 aromatic rings. The molecule has 0 bridgehead atoms. The summed E-state index contributed by atoms with van der Waals surface area (Å²) >= 11 is 0. The summed E-state index contributed by atoms with van der Waals surface area (Å²) in [7, 11) is 0. The number of ether oxygens (including phenoxy) is 1. The van der Waals surface area contributed by atoms with Gasteiger partial charge in [-0.25, -0.2) is 0 Å². The van der Waals surface area contributed by atoms with Gasteiger partial charge in [-0.3, -0.25) is 0 Å². The number of rotatable bonds is 31. The van der Waals surface area contributed by atoms with Gasteiger partial charge in [0.05, 0.1) is 6.61 Å². The number of aryl methyl sites for hydroxylation is 7. The van der Waals surface area contributed by atoms with Gasteiger partial charge >= 0.3 is 0 Å². The van der Waals surface area contributed by atoms with Gasteiger partial charge in [-0.05, 0) is 178 Å². The normalized spacial score (nSPS) is 11.7. The molecule has 74 heavy (non-hydrogen) atoms. The van der Waals surface area contributed by atoms with Gasteiger partial charge in [0.2, 0.25) is 0 Å². The fourth-order valence-electron chi connectivity index (χ4n) is 12.4. The van der Waals surface area contributed by atoms with Crippen LogP contribution in [-0.4, -0.2) is 6.61 Å². The molecule has 0 aliphatic rings. The molecule has 0 atom stereocenters. The van der Waals surface area contributed by atoms with Crippen LogP contribution in [0, 0.1) is 27.7 Å². The highest BCUT2D eigenvalue weighted by atomic mass is 16.5. The quantitative estimate of drug-likeness (QED) is 0.0311. The fourth-order valence-corrected chi connectivity index (χ4v) is 12.4. The van der Waals surface area contributed by atoms with Gasteiger partial charge in [0, 0.05) is 10.8 Å².